The number of aryl methyl sites for hydroxylation is 1. The van der Waals surface area contributed by atoms with Gasteiger partial charge in [0.2, 0.25) is 0 Å². The maximum absolute atomic E-state index is 13.3. The SMILES string of the molecule is COc1ccc(CC2=C(c3ccc4nsnc4c3)C(=O)OC2(O)c2ccc(C)cc2)c(OCC(=O)O)c1. The van der Waals surface area contributed by atoms with E-state index in [1.54, 1.807) is 48.5 Å². The third-order valence-corrected chi connectivity index (χ3v) is 6.69. The van der Waals surface area contributed by atoms with Crippen molar-refractivity contribution in [2.24, 2.45) is 0 Å². The second-order valence-electron chi connectivity index (χ2n) is 8.55. The molecule has 0 amide bonds. The topological polar surface area (TPSA) is 128 Å². The van der Waals surface area contributed by atoms with Crippen LogP contribution in [0.4, 0.5) is 0 Å². The standard InChI is InChI=1S/C27H22N2O7S/c1-15-3-7-18(8-4-15)27(33)20(11-16-5-9-19(34-2)13-23(16)35-14-24(30)31)25(26(32)36-27)17-6-10-21-22(12-17)29-37-28-21/h3-10,12-13,33H,11,14H2,1-2H3,(H,30,31). The number of carboxylic acids is 1. The van der Waals surface area contributed by atoms with Crippen LogP contribution in [-0.4, -0.2) is 44.6 Å². The summed E-state index contributed by atoms with van der Waals surface area (Å²) in [6.45, 7) is 1.34. The van der Waals surface area contributed by atoms with E-state index < -0.39 is 24.3 Å². The monoisotopic (exact) mass is 518 g/mol. The molecule has 1 aromatic heterocycles. The molecule has 0 saturated heterocycles. The molecule has 3 aromatic carbocycles. The van der Waals surface area contributed by atoms with E-state index >= 15 is 0 Å². The summed E-state index contributed by atoms with van der Waals surface area (Å²) in [5.41, 5.74) is 4.20. The number of aliphatic carboxylic acids is 1. The van der Waals surface area contributed by atoms with Gasteiger partial charge in [0.25, 0.3) is 5.79 Å². The van der Waals surface area contributed by atoms with Crippen LogP contribution in [0, 0.1) is 6.92 Å². The summed E-state index contributed by atoms with van der Waals surface area (Å²) in [7, 11) is 1.49. The van der Waals surface area contributed by atoms with Crippen molar-refractivity contribution in [2.45, 2.75) is 19.1 Å². The predicted octanol–water partition coefficient (Wildman–Crippen LogP) is 3.87. The summed E-state index contributed by atoms with van der Waals surface area (Å²) in [5, 5.41) is 21.0. The van der Waals surface area contributed by atoms with E-state index in [1.165, 1.54) is 7.11 Å². The van der Waals surface area contributed by atoms with Gasteiger partial charge in [-0.2, -0.15) is 8.75 Å². The van der Waals surface area contributed by atoms with E-state index in [0.29, 0.717) is 33.5 Å². The van der Waals surface area contributed by atoms with E-state index in [-0.39, 0.29) is 23.3 Å². The highest BCUT2D eigenvalue weighted by Crippen LogP contribution is 2.46. The normalized spacial score (nSPS) is 17.2. The lowest BCUT2D eigenvalue weighted by atomic mass is 9.87. The fourth-order valence-electron chi connectivity index (χ4n) is 4.26. The molecule has 1 aliphatic heterocycles. The van der Waals surface area contributed by atoms with Gasteiger partial charge >= 0.3 is 11.9 Å². The Morgan fingerprint density at radius 2 is 1.81 bits per heavy atom. The van der Waals surface area contributed by atoms with Crippen molar-refractivity contribution in [3.05, 3.63) is 88.5 Å². The third kappa shape index (κ3) is 4.64. The van der Waals surface area contributed by atoms with Crippen LogP contribution >= 0.6 is 11.7 Å². The van der Waals surface area contributed by atoms with Gasteiger partial charge in [-0.1, -0.05) is 42.0 Å². The first-order valence-corrected chi connectivity index (χ1v) is 12.0. The lowest BCUT2D eigenvalue weighted by Gasteiger charge is -2.26. The lowest BCUT2D eigenvalue weighted by Crippen LogP contribution is -2.29. The number of benzene rings is 3. The molecule has 0 bridgehead atoms. The molecule has 10 heteroatoms. The molecule has 0 spiro atoms. The number of esters is 1. The zero-order valence-corrected chi connectivity index (χ0v) is 20.7. The van der Waals surface area contributed by atoms with Gasteiger partial charge in [0.15, 0.2) is 6.61 Å². The van der Waals surface area contributed by atoms with E-state index in [9.17, 15) is 14.7 Å². The highest BCUT2D eigenvalue weighted by molar-refractivity contribution is 7.00. The number of carboxylic acid groups (broad SMARTS) is 1. The summed E-state index contributed by atoms with van der Waals surface area (Å²) in [6.07, 6.45) is 0.0255. The number of ether oxygens (including phenoxy) is 3. The average Bonchev–Trinajstić information content (AvgIpc) is 3.45. The van der Waals surface area contributed by atoms with Gasteiger partial charge in [-0.05, 0) is 36.2 Å². The van der Waals surface area contributed by atoms with E-state index in [4.69, 9.17) is 19.3 Å². The summed E-state index contributed by atoms with van der Waals surface area (Å²) >= 11 is 1.06. The largest absolute Gasteiger partial charge is 0.497 e. The number of aromatic nitrogens is 2. The highest BCUT2D eigenvalue weighted by atomic mass is 32.1. The molecule has 37 heavy (non-hydrogen) atoms. The van der Waals surface area contributed by atoms with Crippen LogP contribution < -0.4 is 9.47 Å². The Bertz CT molecular complexity index is 1540. The first kappa shape index (κ1) is 24.4. The molecule has 1 unspecified atom stereocenters. The Kier molecular flexibility index (Phi) is 6.36. The summed E-state index contributed by atoms with van der Waals surface area (Å²) in [6, 6.07) is 17.2. The van der Waals surface area contributed by atoms with Gasteiger partial charge in [0, 0.05) is 23.6 Å². The molecule has 1 aliphatic rings. The van der Waals surface area contributed by atoms with Crippen molar-refractivity contribution in [1.29, 1.82) is 0 Å². The van der Waals surface area contributed by atoms with Gasteiger partial charge in [-0.15, -0.1) is 0 Å². The van der Waals surface area contributed by atoms with Crippen LogP contribution in [0.3, 0.4) is 0 Å². The van der Waals surface area contributed by atoms with Crippen LogP contribution in [0.15, 0.2) is 66.2 Å². The smallest absolute Gasteiger partial charge is 0.342 e. The molecule has 0 fully saturated rings. The molecule has 2 heterocycles. The molecule has 2 N–H and O–H groups in total. The number of nitrogens with zero attached hydrogens (tertiary/aromatic N) is 2. The van der Waals surface area contributed by atoms with Crippen molar-refractivity contribution in [1.82, 2.24) is 8.75 Å². The maximum atomic E-state index is 13.3. The van der Waals surface area contributed by atoms with Crippen LogP contribution in [0.5, 0.6) is 11.5 Å². The molecule has 0 aliphatic carbocycles. The zero-order chi connectivity index (χ0) is 26.2. The summed E-state index contributed by atoms with van der Waals surface area (Å²) in [4.78, 5) is 24.5. The van der Waals surface area contributed by atoms with Crippen LogP contribution in [0.1, 0.15) is 22.3 Å². The van der Waals surface area contributed by atoms with Gasteiger partial charge in [-0.3, -0.25) is 0 Å². The molecule has 1 atom stereocenters. The second-order valence-corrected chi connectivity index (χ2v) is 9.08. The van der Waals surface area contributed by atoms with Gasteiger partial charge < -0.3 is 24.4 Å². The number of cyclic esters (lactones) is 1. The molecular weight excluding hydrogens is 496 g/mol. The number of hydrogen-bond acceptors (Lipinski definition) is 9. The van der Waals surface area contributed by atoms with Crippen LogP contribution in [0.2, 0.25) is 0 Å². The summed E-state index contributed by atoms with van der Waals surface area (Å²) in [5.74, 6) is -3.18. The Labute approximate surface area is 215 Å². The quantitative estimate of drug-likeness (QED) is 0.334. The van der Waals surface area contributed by atoms with Crippen molar-refractivity contribution < 1.29 is 34.0 Å². The number of aliphatic hydroxyl groups is 1. The van der Waals surface area contributed by atoms with E-state index in [1.807, 2.05) is 19.1 Å². The average molecular weight is 519 g/mol. The first-order valence-electron chi connectivity index (χ1n) is 11.3. The molecule has 4 aromatic rings. The highest BCUT2D eigenvalue weighted by Gasteiger charge is 2.48. The number of rotatable bonds is 8. The minimum atomic E-state index is -2.06. The minimum Gasteiger partial charge on any atom is -0.497 e. The minimum absolute atomic E-state index is 0.0255. The van der Waals surface area contributed by atoms with Crippen LogP contribution in [0.25, 0.3) is 16.6 Å². The zero-order valence-electron chi connectivity index (χ0n) is 19.9. The second kappa shape index (κ2) is 9.64. The number of carbonyl (C=O) groups excluding carboxylic acids is 1. The van der Waals surface area contributed by atoms with E-state index in [0.717, 1.165) is 17.3 Å². The number of hydrogen-bond donors (Lipinski definition) is 2. The van der Waals surface area contributed by atoms with Crippen LogP contribution in [-0.2, 0) is 26.5 Å². The third-order valence-electron chi connectivity index (χ3n) is 6.13. The van der Waals surface area contributed by atoms with Gasteiger partial charge in [-0.25, -0.2) is 9.59 Å². The fraction of sp³-hybridized carbons (Fsp3) is 0.185. The Hall–Kier alpha value is -4.28. The number of carbonyl (C=O) groups is 2. The maximum Gasteiger partial charge on any atom is 0.342 e. The van der Waals surface area contributed by atoms with E-state index in [2.05, 4.69) is 8.75 Å². The van der Waals surface area contributed by atoms with Crippen molar-refractivity contribution in [3.8, 4) is 11.5 Å². The molecule has 188 valence electrons. The summed E-state index contributed by atoms with van der Waals surface area (Å²) < 4.78 is 24.9. The van der Waals surface area contributed by atoms with Crippen molar-refractivity contribution >= 4 is 40.3 Å². The Balaban J connectivity index is 1.68. The molecule has 5 rings (SSSR count). The Morgan fingerprint density at radius 3 is 2.54 bits per heavy atom. The predicted molar refractivity (Wildman–Crippen MR) is 135 cm³/mol. The molecule has 0 saturated carbocycles. The van der Waals surface area contributed by atoms with Crippen molar-refractivity contribution in [3.63, 3.8) is 0 Å². The lowest BCUT2D eigenvalue weighted by molar-refractivity contribution is -0.185. The Morgan fingerprint density at radius 1 is 1.05 bits per heavy atom. The van der Waals surface area contributed by atoms with Gasteiger partial charge in [0.05, 0.1) is 24.4 Å². The van der Waals surface area contributed by atoms with Crippen molar-refractivity contribution in [2.75, 3.05) is 13.7 Å². The first-order chi connectivity index (χ1) is 17.8. The molecule has 0 radical (unpaired) electrons. The fourth-order valence-corrected chi connectivity index (χ4v) is 4.78. The number of methoxy groups -OCH3 is 1. The molecular formula is C27H22N2O7S. The number of fused-ring (bicyclic) bond motifs is 1. The molecule has 9 nitrogen and oxygen atoms in total. The van der Waals surface area contributed by atoms with Gasteiger partial charge in [0.1, 0.15) is 22.5 Å².